The largest absolute Gasteiger partial charge is 0.330 e. The summed E-state index contributed by atoms with van der Waals surface area (Å²) in [7, 11) is -2.73. The summed E-state index contributed by atoms with van der Waals surface area (Å²) in [4.78, 5) is 0. The molecular formula is C10H19NO2S. The number of nitrogens with two attached hydrogens (primary N) is 1. The molecule has 1 saturated carbocycles. The van der Waals surface area contributed by atoms with Crippen molar-refractivity contribution in [3.8, 4) is 0 Å². The highest BCUT2D eigenvalue weighted by Crippen LogP contribution is 2.42. The molecule has 1 heterocycles. The van der Waals surface area contributed by atoms with E-state index >= 15 is 0 Å². The van der Waals surface area contributed by atoms with E-state index in [2.05, 4.69) is 0 Å². The van der Waals surface area contributed by atoms with Crippen molar-refractivity contribution >= 4 is 9.84 Å². The molecule has 0 radical (unpaired) electrons. The molecule has 2 bridgehead atoms. The normalized spacial score (nSPS) is 40.8. The Balaban J connectivity index is 2.15. The van der Waals surface area contributed by atoms with E-state index in [0.29, 0.717) is 35.8 Å². The van der Waals surface area contributed by atoms with Crippen LogP contribution >= 0.6 is 0 Å². The molecule has 0 aromatic rings. The summed E-state index contributed by atoms with van der Waals surface area (Å²) < 4.78 is 23.2. The van der Waals surface area contributed by atoms with E-state index in [-0.39, 0.29) is 0 Å². The van der Waals surface area contributed by atoms with Crippen LogP contribution in [-0.4, -0.2) is 26.5 Å². The maximum Gasteiger partial charge on any atom is 0.150 e. The molecule has 2 fully saturated rings. The number of fused-ring (bicyclic) bond motifs is 2. The van der Waals surface area contributed by atoms with Crippen molar-refractivity contribution in [2.24, 2.45) is 23.5 Å². The molecule has 0 amide bonds. The smallest absolute Gasteiger partial charge is 0.150 e. The van der Waals surface area contributed by atoms with Crippen molar-refractivity contribution < 1.29 is 8.42 Å². The van der Waals surface area contributed by atoms with Gasteiger partial charge in [0, 0.05) is 0 Å². The second-order valence-corrected chi connectivity index (χ2v) is 6.92. The van der Waals surface area contributed by atoms with Crippen molar-refractivity contribution in [3.63, 3.8) is 0 Å². The van der Waals surface area contributed by atoms with Gasteiger partial charge in [0.25, 0.3) is 0 Å². The minimum absolute atomic E-state index is 0.413. The van der Waals surface area contributed by atoms with Crippen LogP contribution in [0.4, 0.5) is 0 Å². The van der Waals surface area contributed by atoms with Crippen molar-refractivity contribution in [2.45, 2.75) is 25.7 Å². The van der Waals surface area contributed by atoms with Crippen LogP contribution in [0.3, 0.4) is 0 Å². The van der Waals surface area contributed by atoms with Crippen molar-refractivity contribution in [1.29, 1.82) is 0 Å². The third-order valence-corrected chi connectivity index (χ3v) is 5.67. The summed E-state index contributed by atoms with van der Waals surface area (Å²) >= 11 is 0. The summed E-state index contributed by atoms with van der Waals surface area (Å²) in [6, 6.07) is 0. The zero-order valence-corrected chi connectivity index (χ0v) is 9.30. The zero-order chi connectivity index (χ0) is 10.2. The van der Waals surface area contributed by atoms with Gasteiger partial charge in [-0.1, -0.05) is 6.42 Å². The molecule has 0 spiro atoms. The fourth-order valence-electron chi connectivity index (χ4n) is 3.25. The molecule has 82 valence electrons. The highest BCUT2D eigenvalue weighted by atomic mass is 32.2. The zero-order valence-electron chi connectivity index (χ0n) is 8.48. The lowest BCUT2D eigenvalue weighted by molar-refractivity contribution is 0.163. The van der Waals surface area contributed by atoms with Crippen LogP contribution in [0.15, 0.2) is 0 Å². The molecule has 1 saturated heterocycles. The molecule has 1 aliphatic heterocycles. The van der Waals surface area contributed by atoms with Crippen LogP contribution in [0.1, 0.15) is 25.7 Å². The molecule has 4 heteroatoms. The monoisotopic (exact) mass is 217 g/mol. The van der Waals surface area contributed by atoms with E-state index in [1.165, 1.54) is 6.42 Å². The Morgan fingerprint density at radius 3 is 2.21 bits per heavy atom. The van der Waals surface area contributed by atoms with Crippen molar-refractivity contribution in [2.75, 3.05) is 18.1 Å². The third-order valence-electron chi connectivity index (χ3n) is 3.80. The first-order chi connectivity index (χ1) is 6.62. The quantitative estimate of drug-likeness (QED) is 0.744. The Morgan fingerprint density at radius 1 is 1.14 bits per heavy atom. The first-order valence-corrected chi connectivity index (χ1v) is 7.35. The fraction of sp³-hybridized carbons (Fsp3) is 1.00. The summed E-state index contributed by atoms with van der Waals surface area (Å²) in [6.45, 7) is 0.706. The average Bonchev–Trinajstić information content (AvgIpc) is 2.06. The van der Waals surface area contributed by atoms with Gasteiger partial charge in [-0.15, -0.1) is 0 Å². The Bertz CT molecular complexity index is 279. The second-order valence-electron chi connectivity index (χ2n) is 4.77. The van der Waals surface area contributed by atoms with Gasteiger partial charge < -0.3 is 5.73 Å². The van der Waals surface area contributed by atoms with Gasteiger partial charge in [0.1, 0.15) is 0 Å². The van der Waals surface area contributed by atoms with E-state index in [0.717, 1.165) is 19.3 Å². The average molecular weight is 217 g/mol. The number of hydrogen-bond donors (Lipinski definition) is 1. The van der Waals surface area contributed by atoms with E-state index in [9.17, 15) is 8.42 Å². The highest BCUT2D eigenvalue weighted by molar-refractivity contribution is 7.91. The van der Waals surface area contributed by atoms with Crippen molar-refractivity contribution in [3.05, 3.63) is 0 Å². The fourth-order valence-corrected chi connectivity index (χ4v) is 5.52. The predicted molar refractivity (Wildman–Crippen MR) is 56.6 cm³/mol. The van der Waals surface area contributed by atoms with Gasteiger partial charge in [-0.25, -0.2) is 8.42 Å². The van der Waals surface area contributed by atoms with Crippen molar-refractivity contribution in [1.82, 2.24) is 0 Å². The van der Waals surface area contributed by atoms with Crippen LogP contribution < -0.4 is 5.73 Å². The molecule has 2 N–H and O–H groups in total. The molecule has 2 unspecified atom stereocenters. The Kier molecular flexibility index (Phi) is 2.84. The standard InChI is InChI=1S/C10H19NO2S/c11-5-4-10-8-2-1-3-9(10)7-14(12,13)6-8/h8-10H,1-7,11H2. The molecule has 2 rings (SSSR count). The highest BCUT2D eigenvalue weighted by Gasteiger charge is 2.41. The minimum Gasteiger partial charge on any atom is -0.330 e. The maximum absolute atomic E-state index is 11.6. The summed E-state index contributed by atoms with van der Waals surface area (Å²) in [5, 5.41) is 0. The van der Waals surface area contributed by atoms with Crippen LogP contribution in [0.2, 0.25) is 0 Å². The molecular weight excluding hydrogens is 198 g/mol. The molecule has 0 aromatic carbocycles. The molecule has 14 heavy (non-hydrogen) atoms. The second kappa shape index (κ2) is 3.81. The van der Waals surface area contributed by atoms with Crippen LogP contribution in [-0.2, 0) is 9.84 Å². The SMILES string of the molecule is NCCC1C2CCCC1CS(=O)(=O)C2. The topological polar surface area (TPSA) is 60.2 Å². The number of hydrogen-bond acceptors (Lipinski definition) is 3. The van der Waals surface area contributed by atoms with E-state index in [4.69, 9.17) is 5.73 Å². The first kappa shape index (κ1) is 10.4. The van der Waals surface area contributed by atoms with E-state index in [1.54, 1.807) is 0 Å². The number of sulfone groups is 1. The van der Waals surface area contributed by atoms with E-state index < -0.39 is 9.84 Å². The van der Waals surface area contributed by atoms with Gasteiger partial charge in [-0.05, 0) is 43.6 Å². The molecule has 1 aliphatic carbocycles. The van der Waals surface area contributed by atoms with Gasteiger partial charge in [-0.3, -0.25) is 0 Å². The first-order valence-electron chi connectivity index (χ1n) is 5.53. The Morgan fingerprint density at radius 2 is 1.71 bits per heavy atom. The lowest BCUT2D eigenvalue weighted by Crippen LogP contribution is -2.43. The van der Waals surface area contributed by atoms with Gasteiger partial charge >= 0.3 is 0 Å². The van der Waals surface area contributed by atoms with Gasteiger partial charge in [0.05, 0.1) is 11.5 Å². The lowest BCUT2D eigenvalue weighted by atomic mass is 9.71. The van der Waals surface area contributed by atoms with Gasteiger partial charge in [-0.2, -0.15) is 0 Å². The minimum atomic E-state index is -2.73. The summed E-state index contributed by atoms with van der Waals surface area (Å²) in [5.74, 6) is 2.27. The lowest BCUT2D eigenvalue weighted by Gasteiger charge is -2.42. The molecule has 2 aliphatic rings. The van der Waals surface area contributed by atoms with Gasteiger partial charge in [0.2, 0.25) is 0 Å². The van der Waals surface area contributed by atoms with E-state index in [1.807, 2.05) is 0 Å². The maximum atomic E-state index is 11.6. The molecule has 2 atom stereocenters. The predicted octanol–water partition coefficient (Wildman–Crippen LogP) is 0.796. The Hall–Kier alpha value is -0.0900. The Labute approximate surface area is 86.0 Å². The van der Waals surface area contributed by atoms with Crippen LogP contribution in [0.5, 0.6) is 0 Å². The third kappa shape index (κ3) is 1.96. The molecule has 0 aromatic heterocycles. The van der Waals surface area contributed by atoms with Crippen LogP contribution in [0, 0.1) is 17.8 Å². The summed E-state index contributed by atoms with van der Waals surface area (Å²) in [6.07, 6.45) is 4.43. The molecule has 3 nitrogen and oxygen atoms in total. The number of rotatable bonds is 2. The van der Waals surface area contributed by atoms with Crippen LogP contribution in [0.25, 0.3) is 0 Å². The summed E-state index contributed by atoms with van der Waals surface area (Å²) in [5.41, 5.74) is 5.58. The van der Waals surface area contributed by atoms with Gasteiger partial charge in [0.15, 0.2) is 9.84 Å².